The molecule has 102 valence electrons. The lowest BCUT2D eigenvalue weighted by Gasteiger charge is -2.15. The summed E-state index contributed by atoms with van der Waals surface area (Å²) in [6.07, 6.45) is 4.93. The smallest absolute Gasteiger partial charge is 0.103 e. The largest absolute Gasteiger partial charge is 0.469 e. The third kappa shape index (κ3) is 4.25. The van der Waals surface area contributed by atoms with Crippen LogP contribution in [0.25, 0.3) is 0 Å². The molecule has 1 unspecified atom stereocenters. The first-order valence-electron chi connectivity index (χ1n) is 7.12. The predicted molar refractivity (Wildman–Crippen MR) is 79.2 cm³/mol. The highest BCUT2D eigenvalue weighted by molar-refractivity contribution is 5.26. The highest BCUT2D eigenvalue weighted by Gasteiger charge is 2.05. The van der Waals surface area contributed by atoms with Gasteiger partial charge in [-0.25, -0.2) is 0 Å². The van der Waals surface area contributed by atoms with Gasteiger partial charge in [-0.1, -0.05) is 31.2 Å². The Morgan fingerprint density at radius 1 is 1.11 bits per heavy atom. The number of aryl methyl sites for hydroxylation is 2. The summed E-state index contributed by atoms with van der Waals surface area (Å²) in [4.78, 5) is 0. The van der Waals surface area contributed by atoms with E-state index in [9.17, 15) is 0 Å². The topological polar surface area (TPSA) is 25.2 Å². The molecule has 0 aliphatic rings. The first-order valence-corrected chi connectivity index (χ1v) is 7.12. The van der Waals surface area contributed by atoms with Crippen LogP contribution in [0.4, 0.5) is 0 Å². The molecule has 0 aliphatic carbocycles. The fourth-order valence-corrected chi connectivity index (χ4v) is 2.27. The Morgan fingerprint density at radius 2 is 1.89 bits per heavy atom. The number of hydrogen-bond acceptors (Lipinski definition) is 2. The molecule has 2 aromatic rings. The van der Waals surface area contributed by atoms with E-state index >= 15 is 0 Å². The van der Waals surface area contributed by atoms with E-state index in [2.05, 4.69) is 43.4 Å². The second-order valence-electron chi connectivity index (χ2n) is 5.02. The zero-order valence-corrected chi connectivity index (χ0v) is 11.9. The van der Waals surface area contributed by atoms with E-state index in [4.69, 9.17) is 4.42 Å². The maximum atomic E-state index is 5.36. The lowest BCUT2D eigenvalue weighted by atomic mass is 10.0. The Bertz CT molecular complexity index is 476. The van der Waals surface area contributed by atoms with Gasteiger partial charge < -0.3 is 9.73 Å². The minimum atomic E-state index is 0.495. The summed E-state index contributed by atoms with van der Waals surface area (Å²) >= 11 is 0. The van der Waals surface area contributed by atoms with Crippen molar-refractivity contribution in [1.29, 1.82) is 0 Å². The van der Waals surface area contributed by atoms with Crippen molar-refractivity contribution < 1.29 is 4.42 Å². The van der Waals surface area contributed by atoms with Crippen molar-refractivity contribution in [3.05, 3.63) is 59.5 Å². The number of furan rings is 1. The van der Waals surface area contributed by atoms with Gasteiger partial charge in [0, 0.05) is 19.0 Å². The van der Waals surface area contributed by atoms with E-state index < -0.39 is 0 Å². The van der Waals surface area contributed by atoms with E-state index in [0.717, 1.165) is 31.6 Å². The zero-order valence-electron chi connectivity index (χ0n) is 11.9. The highest BCUT2D eigenvalue weighted by atomic mass is 16.3. The van der Waals surface area contributed by atoms with Crippen molar-refractivity contribution in [3.63, 3.8) is 0 Å². The van der Waals surface area contributed by atoms with E-state index in [1.807, 2.05) is 12.1 Å². The van der Waals surface area contributed by atoms with Crippen LogP contribution in [0, 0.1) is 0 Å². The molecule has 2 nitrogen and oxygen atoms in total. The van der Waals surface area contributed by atoms with Gasteiger partial charge in [0.25, 0.3) is 0 Å². The average Bonchev–Trinajstić information content (AvgIpc) is 2.96. The minimum absolute atomic E-state index is 0.495. The summed E-state index contributed by atoms with van der Waals surface area (Å²) in [7, 11) is 0. The summed E-state index contributed by atoms with van der Waals surface area (Å²) in [6, 6.07) is 13.1. The van der Waals surface area contributed by atoms with Crippen molar-refractivity contribution in [3.8, 4) is 0 Å². The Balaban J connectivity index is 1.78. The molecule has 2 rings (SSSR count). The first kappa shape index (κ1) is 13.9. The molecule has 1 N–H and O–H groups in total. The van der Waals surface area contributed by atoms with Crippen LogP contribution >= 0.6 is 0 Å². The third-order valence-electron chi connectivity index (χ3n) is 3.54. The standard InChI is InChI=1S/C17H23NO/c1-3-15-7-4-5-8-16(15)13-18-14(2)10-11-17-9-6-12-19-17/h4-9,12,14,18H,3,10-11,13H2,1-2H3. The van der Waals surface area contributed by atoms with Crippen molar-refractivity contribution in [1.82, 2.24) is 5.32 Å². The lowest BCUT2D eigenvalue weighted by molar-refractivity contribution is 0.459. The van der Waals surface area contributed by atoms with Crippen LogP contribution in [-0.2, 0) is 19.4 Å². The molecular weight excluding hydrogens is 234 g/mol. The van der Waals surface area contributed by atoms with Crippen LogP contribution in [-0.4, -0.2) is 6.04 Å². The van der Waals surface area contributed by atoms with Crippen molar-refractivity contribution in [2.75, 3.05) is 0 Å². The maximum absolute atomic E-state index is 5.36. The Labute approximate surface area is 115 Å². The molecule has 0 saturated carbocycles. The number of rotatable bonds is 7. The van der Waals surface area contributed by atoms with Crippen LogP contribution in [0.3, 0.4) is 0 Å². The molecule has 0 aliphatic heterocycles. The van der Waals surface area contributed by atoms with Gasteiger partial charge in [-0.15, -0.1) is 0 Å². The van der Waals surface area contributed by atoms with Crippen molar-refractivity contribution in [2.24, 2.45) is 0 Å². The summed E-state index contributed by atoms with van der Waals surface area (Å²) < 4.78 is 5.36. The molecule has 0 saturated heterocycles. The van der Waals surface area contributed by atoms with Gasteiger partial charge in [0.15, 0.2) is 0 Å². The molecule has 0 spiro atoms. The fourth-order valence-electron chi connectivity index (χ4n) is 2.27. The third-order valence-corrected chi connectivity index (χ3v) is 3.54. The number of nitrogens with one attached hydrogen (secondary N) is 1. The molecule has 2 heteroatoms. The second-order valence-corrected chi connectivity index (χ2v) is 5.02. The van der Waals surface area contributed by atoms with Gasteiger partial charge in [0.1, 0.15) is 5.76 Å². The van der Waals surface area contributed by atoms with Crippen molar-refractivity contribution >= 4 is 0 Å². The summed E-state index contributed by atoms with van der Waals surface area (Å²) in [5, 5.41) is 3.59. The van der Waals surface area contributed by atoms with Gasteiger partial charge in [0.05, 0.1) is 6.26 Å². The Kier molecular flexibility index (Phi) is 5.22. The fraction of sp³-hybridized carbons (Fsp3) is 0.412. The van der Waals surface area contributed by atoms with Crippen molar-refractivity contribution in [2.45, 2.75) is 45.7 Å². The second kappa shape index (κ2) is 7.15. The van der Waals surface area contributed by atoms with Crippen LogP contribution in [0.1, 0.15) is 37.2 Å². The van der Waals surface area contributed by atoms with E-state index in [-0.39, 0.29) is 0 Å². The summed E-state index contributed by atoms with van der Waals surface area (Å²) in [5.74, 6) is 1.07. The highest BCUT2D eigenvalue weighted by Crippen LogP contribution is 2.10. The summed E-state index contributed by atoms with van der Waals surface area (Å²) in [5.41, 5.74) is 2.85. The molecule has 0 bridgehead atoms. The Hall–Kier alpha value is -1.54. The molecule has 1 heterocycles. The Morgan fingerprint density at radius 3 is 2.58 bits per heavy atom. The SMILES string of the molecule is CCc1ccccc1CNC(C)CCc1ccco1. The molecule has 1 aromatic carbocycles. The zero-order chi connectivity index (χ0) is 13.5. The minimum Gasteiger partial charge on any atom is -0.469 e. The molecule has 19 heavy (non-hydrogen) atoms. The average molecular weight is 257 g/mol. The predicted octanol–water partition coefficient (Wildman–Crippen LogP) is 3.95. The van der Waals surface area contributed by atoms with Gasteiger partial charge in [-0.05, 0) is 43.0 Å². The monoisotopic (exact) mass is 257 g/mol. The summed E-state index contributed by atoms with van der Waals surface area (Å²) in [6.45, 7) is 5.39. The molecule has 1 aromatic heterocycles. The van der Waals surface area contributed by atoms with Crippen LogP contribution in [0.5, 0.6) is 0 Å². The van der Waals surface area contributed by atoms with E-state index in [1.54, 1.807) is 6.26 Å². The molecule has 0 fully saturated rings. The molecular formula is C17H23NO. The molecule has 0 radical (unpaired) electrons. The van der Waals surface area contributed by atoms with Crippen LogP contribution < -0.4 is 5.32 Å². The first-order chi connectivity index (χ1) is 9.29. The van der Waals surface area contributed by atoms with E-state index in [0.29, 0.717) is 6.04 Å². The van der Waals surface area contributed by atoms with Gasteiger partial charge in [-0.2, -0.15) is 0 Å². The van der Waals surface area contributed by atoms with E-state index in [1.165, 1.54) is 11.1 Å². The van der Waals surface area contributed by atoms with Gasteiger partial charge in [0.2, 0.25) is 0 Å². The van der Waals surface area contributed by atoms with Gasteiger partial charge in [-0.3, -0.25) is 0 Å². The quantitative estimate of drug-likeness (QED) is 0.812. The number of benzene rings is 1. The lowest BCUT2D eigenvalue weighted by Crippen LogP contribution is -2.26. The van der Waals surface area contributed by atoms with Gasteiger partial charge >= 0.3 is 0 Å². The normalized spacial score (nSPS) is 12.5. The number of hydrogen-bond donors (Lipinski definition) is 1. The van der Waals surface area contributed by atoms with Crippen LogP contribution in [0.2, 0.25) is 0 Å². The molecule has 0 amide bonds. The maximum Gasteiger partial charge on any atom is 0.103 e. The van der Waals surface area contributed by atoms with Crippen LogP contribution in [0.15, 0.2) is 47.1 Å². The molecule has 1 atom stereocenters.